The molecule has 0 saturated heterocycles. The van der Waals surface area contributed by atoms with Gasteiger partial charge in [0.2, 0.25) is 0 Å². The molecule has 138 valence electrons. The predicted molar refractivity (Wildman–Crippen MR) is 96.9 cm³/mol. The van der Waals surface area contributed by atoms with Crippen molar-refractivity contribution in [2.75, 3.05) is 0 Å². The van der Waals surface area contributed by atoms with Gasteiger partial charge in [-0.25, -0.2) is 10.2 Å². The van der Waals surface area contributed by atoms with Gasteiger partial charge in [0.15, 0.2) is 0 Å². The first-order valence-corrected chi connectivity index (χ1v) is 7.70. The third-order valence-corrected chi connectivity index (χ3v) is 2.91. The van der Waals surface area contributed by atoms with E-state index < -0.39 is 10.9 Å². The summed E-state index contributed by atoms with van der Waals surface area (Å²) >= 11 is 0. The maximum absolute atomic E-state index is 11.5. The Balaban J connectivity index is 0.000000263. The van der Waals surface area contributed by atoms with Crippen molar-refractivity contribution in [3.63, 3.8) is 0 Å². The van der Waals surface area contributed by atoms with Gasteiger partial charge in [0, 0.05) is 23.2 Å². The number of non-ortho nitro benzene ring substituents is 1. The van der Waals surface area contributed by atoms with E-state index in [2.05, 4.69) is 10.9 Å². The minimum absolute atomic E-state index is 0.0422. The van der Waals surface area contributed by atoms with E-state index in [1.165, 1.54) is 12.1 Å². The molecular weight excluding hydrogens is 338 g/mol. The smallest absolute Gasteiger partial charge is 0.335 e. The number of hydrogen-bond acceptors (Lipinski definition) is 5. The maximum Gasteiger partial charge on any atom is 0.335 e. The second kappa shape index (κ2) is 9.28. The van der Waals surface area contributed by atoms with Crippen LogP contribution in [0.2, 0.25) is 0 Å². The number of nitro benzene ring substituents is 1. The van der Waals surface area contributed by atoms with Gasteiger partial charge in [0.05, 0.1) is 10.5 Å². The minimum atomic E-state index is -1.09. The molecule has 1 amide bonds. The quantitative estimate of drug-likeness (QED) is 0.570. The number of amides is 1. The van der Waals surface area contributed by atoms with Crippen LogP contribution >= 0.6 is 0 Å². The molecule has 8 nitrogen and oxygen atoms in total. The van der Waals surface area contributed by atoms with Crippen molar-refractivity contribution < 1.29 is 19.6 Å². The fourth-order valence-electron chi connectivity index (χ4n) is 1.63. The highest BCUT2D eigenvalue weighted by molar-refractivity contribution is 5.93. The molecular formula is C18H21N3O5. The van der Waals surface area contributed by atoms with Crippen LogP contribution in [-0.4, -0.2) is 27.4 Å². The van der Waals surface area contributed by atoms with E-state index in [0.29, 0.717) is 5.56 Å². The summed E-state index contributed by atoms with van der Waals surface area (Å²) in [5.41, 5.74) is 6.04. The van der Waals surface area contributed by atoms with Crippen LogP contribution in [0.4, 0.5) is 5.69 Å². The van der Waals surface area contributed by atoms with E-state index in [1.807, 2.05) is 39.0 Å². The van der Waals surface area contributed by atoms with Crippen molar-refractivity contribution in [3.05, 3.63) is 75.8 Å². The third-order valence-electron chi connectivity index (χ3n) is 2.91. The Kier molecular flexibility index (Phi) is 7.42. The number of aromatic carboxylic acids is 1. The molecule has 2 aromatic carbocycles. The van der Waals surface area contributed by atoms with Gasteiger partial charge in [-0.2, -0.15) is 0 Å². The molecule has 2 rings (SSSR count). The van der Waals surface area contributed by atoms with E-state index >= 15 is 0 Å². The van der Waals surface area contributed by atoms with Crippen LogP contribution < -0.4 is 10.9 Å². The summed E-state index contributed by atoms with van der Waals surface area (Å²) in [6, 6.07) is 13.8. The molecule has 26 heavy (non-hydrogen) atoms. The van der Waals surface area contributed by atoms with E-state index in [4.69, 9.17) is 5.11 Å². The molecule has 0 spiro atoms. The third kappa shape index (κ3) is 7.54. The second-order valence-corrected chi connectivity index (χ2v) is 6.30. The molecule has 0 heterocycles. The summed E-state index contributed by atoms with van der Waals surface area (Å²) in [7, 11) is 0. The van der Waals surface area contributed by atoms with Gasteiger partial charge in [0.1, 0.15) is 0 Å². The number of nitro groups is 1. The lowest BCUT2D eigenvalue weighted by atomic mass is 10.1. The molecule has 3 N–H and O–H groups in total. The van der Waals surface area contributed by atoms with Crippen LogP contribution in [-0.2, 0) is 0 Å². The topological polar surface area (TPSA) is 122 Å². The first kappa shape index (κ1) is 20.8. The second-order valence-electron chi connectivity index (χ2n) is 6.30. The fourth-order valence-corrected chi connectivity index (χ4v) is 1.63. The van der Waals surface area contributed by atoms with Crippen LogP contribution in [0.3, 0.4) is 0 Å². The number of benzene rings is 2. The van der Waals surface area contributed by atoms with Gasteiger partial charge in [0.25, 0.3) is 11.6 Å². The molecule has 2 aromatic rings. The monoisotopic (exact) mass is 359 g/mol. The molecule has 0 fully saturated rings. The molecule has 0 aliphatic rings. The maximum atomic E-state index is 11.5. The van der Waals surface area contributed by atoms with E-state index in [-0.39, 0.29) is 22.7 Å². The SMILES string of the molecule is CC(C)(C)NNC(=O)c1ccccc1.O=C(O)c1ccc([N+](=O)[O-])cc1. The van der Waals surface area contributed by atoms with Gasteiger partial charge in [-0.15, -0.1) is 0 Å². The number of carboxylic acid groups (broad SMARTS) is 1. The van der Waals surface area contributed by atoms with E-state index in [1.54, 1.807) is 12.1 Å². The molecule has 0 saturated carbocycles. The summed E-state index contributed by atoms with van der Waals surface area (Å²) in [6.07, 6.45) is 0. The normalized spacial score (nSPS) is 10.3. The Morgan fingerprint density at radius 1 is 0.962 bits per heavy atom. The summed E-state index contributed by atoms with van der Waals surface area (Å²) in [5.74, 6) is -1.20. The van der Waals surface area contributed by atoms with Crippen LogP contribution in [0.25, 0.3) is 0 Å². The number of nitrogens with zero attached hydrogens (tertiary/aromatic N) is 1. The molecule has 0 aliphatic carbocycles. The number of hydrogen-bond donors (Lipinski definition) is 3. The van der Waals surface area contributed by atoms with Crippen molar-refractivity contribution in [3.8, 4) is 0 Å². The van der Waals surface area contributed by atoms with Crippen molar-refractivity contribution in [1.29, 1.82) is 0 Å². The molecule has 0 aromatic heterocycles. The summed E-state index contributed by atoms with van der Waals surface area (Å²) in [4.78, 5) is 31.4. The lowest BCUT2D eigenvalue weighted by molar-refractivity contribution is -0.384. The Hall–Kier alpha value is -3.26. The first-order valence-electron chi connectivity index (χ1n) is 7.70. The molecule has 0 radical (unpaired) electrons. The van der Waals surface area contributed by atoms with Crippen LogP contribution in [0.5, 0.6) is 0 Å². The summed E-state index contributed by atoms with van der Waals surface area (Å²) in [5, 5.41) is 18.6. The molecule has 0 atom stereocenters. The number of rotatable bonds is 4. The fraction of sp³-hybridized carbons (Fsp3) is 0.222. The Bertz CT molecular complexity index is 720. The number of hydrazine groups is 1. The van der Waals surface area contributed by atoms with Crippen molar-refractivity contribution >= 4 is 17.6 Å². The predicted octanol–water partition coefficient (Wildman–Crippen LogP) is 3.01. The van der Waals surface area contributed by atoms with Crippen LogP contribution in [0.1, 0.15) is 41.5 Å². The van der Waals surface area contributed by atoms with Gasteiger partial charge in [-0.05, 0) is 45.0 Å². The highest BCUT2D eigenvalue weighted by Crippen LogP contribution is 2.11. The number of carbonyl (C=O) groups excluding carboxylic acids is 1. The van der Waals surface area contributed by atoms with Gasteiger partial charge in [-0.1, -0.05) is 18.2 Å². The number of carbonyl (C=O) groups is 2. The van der Waals surface area contributed by atoms with Gasteiger partial charge < -0.3 is 5.11 Å². The van der Waals surface area contributed by atoms with Gasteiger partial charge >= 0.3 is 5.97 Å². The zero-order valence-electron chi connectivity index (χ0n) is 14.7. The highest BCUT2D eigenvalue weighted by atomic mass is 16.6. The van der Waals surface area contributed by atoms with Crippen LogP contribution in [0.15, 0.2) is 54.6 Å². The molecule has 0 unspecified atom stereocenters. The number of carboxylic acids is 1. The summed E-state index contributed by atoms with van der Waals surface area (Å²) in [6.45, 7) is 5.95. The lowest BCUT2D eigenvalue weighted by Crippen LogP contribution is -2.48. The van der Waals surface area contributed by atoms with E-state index in [9.17, 15) is 19.7 Å². The van der Waals surface area contributed by atoms with Gasteiger partial charge in [-0.3, -0.25) is 20.3 Å². The van der Waals surface area contributed by atoms with E-state index in [0.717, 1.165) is 12.1 Å². The first-order chi connectivity index (χ1) is 12.1. The summed E-state index contributed by atoms with van der Waals surface area (Å²) < 4.78 is 0. The molecule has 0 aliphatic heterocycles. The average Bonchev–Trinajstić information content (AvgIpc) is 2.60. The zero-order chi connectivity index (χ0) is 19.7. The van der Waals surface area contributed by atoms with Crippen molar-refractivity contribution in [2.24, 2.45) is 0 Å². The van der Waals surface area contributed by atoms with Crippen molar-refractivity contribution in [1.82, 2.24) is 10.9 Å². The average molecular weight is 359 g/mol. The Morgan fingerprint density at radius 3 is 1.92 bits per heavy atom. The largest absolute Gasteiger partial charge is 0.478 e. The minimum Gasteiger partial charge on any atom is -0.478 e. The number of nitrogens with one attached hydrogen (secondary N) is 2. The van der Waals surface area contributed by atoms with Crippen molar-refractivity contribution in [2.45, 2.75) is 26.3 Å². The standard InChI is InChI=1S/C11H16N2O.C7H5NO4/c1-11(2,3)13-12-10(14)9-7-5-4-6-8-9;9-7(10)5-1-3-6(4-2-5)8(11)12/h4-8,13H,1-3H3,(H,12,14);1-4H,(H,9,10). The Morgan fingerprint density at radius 2 is 1.50 bits per heavy atom. The molecule has 0 bridgehead atoms. The lowest BCUT2D eigenvalue weighted by Gasteiger charge is -2.20. The highest BCUT2D eigenvalue weighted by Gasteiger charge is 2.11. The van der Waals surface area contributed by atoms with Crippen LogP contribution in [0, 0.1) is 10.1 Å². The Labute approximate surface area is 151 Å². The molecule has 8 heteroatoms. The zero-order valence-corrected chi connectivity index (χ0v) is 14.7.